The second kappa shape index (κ2) is 4.16. The van der Waals surface area contributed by atoms with Gasteiger partial charge < -0.3 is 0 Å². The molecule has 2 nitrogen and oxygen atoms in total. The van der Waals surface area contributed by atoms with E-state index in [1.807, 2.05) is 12.1 Å². The van der Waals surface area contributed by atoms with Crippen LogP contribution in [0.5, 0.6) is 0 Å². The van der Waals surface area contributed by atoms with E-state index in [1.165, 1.54) is 5.56 Å². The van der Waals surface area contributed by atoms with E-state index in [-0.39, 0.29) is 11.2 Å². The van der Waals surface area contributed by atoms with Gasteiger partial charge in [0.2, 0.25) is 5.78 Å². The maximum absolute atomic E-state index is 12.1. The Morgan fingerprint density at radius 3 is 2.60 bits per heavy atom. The molecule has 102 valence electrons. The molecular weight excluding hydrogens is 270 g/mol. The highest BCUT2D eigenvalue weighted by molar-refractivity contribution is 6.49. The van der Waals surface area contributed by atoms with E-state index in [1.54, 1.807) is 6.92 Å². The lowest BCUT2D eigenvalue weighted by atomic mass is 9.70. The molecule has 1 aromatic rings. The molecule has 0 saturated carbocycles. The summed E-state index contributed by atoms with van der Waals surface area (Å²) in [5.41, 5.74) is 5.24. The van der Waals surface area contributed by atoms with Crippen LogP contribution >= 0.6 is 11.6 Å². The zero-order valence-electron chi connectivity index (χ0n) is 12.0. The SMILES string of the molecule is CC1=CC2=Nc3ccc(C)cc3C(C)(C)C2=C(Cl)C1=O. The quantitative estimate of drug-likeness (QED) is 0.650. The number of fused-ring (bicyclic) bond motifs is 2. The molecule has 1 aromatic carbocycles. The maximum Gasteiger partial charge on any atom is 0.200 e. The van der Waals surface area contributed by atoms with Gasteiger partial charge in [-0.2, -0.15) is 0 Å². The number of carbonyl (C=O) groups excluding carboxylic acids is 1. The van der Waals surface area contributed by atoms with Crippen LogP contribution in [0, 0.1) is 6.92 Å². The second-order valence-electron chi connectivity index (χ2n) is 5.99. The highest BCUT2D eigenvalue weighted by Gasteiger charge is 2.39. The number of Topliss-reactive ketones (excluding diaryl/α,β-unsaturated/α-hetero) is 1. The van der Waals surface area contributed by atoms with Gasteiger partial charge in [-0.25, -0.2) is 4.99 Å². The summed E-state index contributed by atoms with van der Waals surface area (Å²) in [5.74, 6) is -0.0928. The Labute approximate surface area is 123 Å². The van der Waals surface area contributed by atoms with Gasteiger partial charge in [0.1, 0.15) is 0 Å². The molecular formula is C17H16ClNO. The normalized spacial score (nSPS) is 20.1. The number of allylic oxidation sites excluding steroid dienone is 4. The number of ketones is 1. The summed E-state index contributed by atoms with van der Waals surface area (Å²) in [6.45, 7) is 8.03. The van der Waals surface area contributed by atoms with Crippen molar-refractivity contribution in [3.63, 3.8) is 0 Å². The van der Waals surface area contributed by atoms with Gasteiger partial charge in [-0.05, 0) is 31.6 Å². The number of aliphatic imine (C=N–C) groups is 1. The first-order valence-electron chi connectivity index (χ1n) is 6.66. The first-order valence-corrected chi connectivity index (χ1v) is 7.03. The van der Waals surface area contributed by atoms with Gasteiger partial charge in [-0.3, -0.25) is 4.79 Å². The molecule has 0 fully saturated rings. The van der Waals surface area contributed by atoms with Crippen LogP contribution in [-0.4, -0.2) is 11.5 Å². The summed E-state index contributed by atoms with van der Waals surface area (Å²) in [6.07, 6.45) is 1.84. The third-order valence-electron chi connectivity index (χ3n) is 4.08. The molecule has 0 bridgehead atoms. The monoisotopic (exact) mass is 285 g/mol. The average molecular weight is 286 g/mol. The molecule has 0 spiro atoms. The summed E-state index contributed by atoms with van der Waals surface area (Å²) in [5, 5.41) is 0.306. The number of hydrogen-bond acceptors (Lipinski definition) is 2. The molecule has 0 saturated heterocycles. The molecule has 0 unspecified atom stereocenters. The number of benzene rings is 1. The van der Waals surface area contributed by atoms with Crippen molar-refractivity contribution in [3.05, 3.63) is 51.6 Å². The van der Waals surface area contributed by atoms with Gasteiger partial charge in [-0.1, -0.05) is 43.1 Å². The van der Waals surface area contributed by atoms with Crippen molar-refractivity contribution in [3.8, 4) is 0 Å². The Bertz CT molecular complexity index is 735. The van der Waals surface area contributed by atoms with Crippen molar-refractivity contribution in [1.82, 2.24) is 0 Å². The summed E-state index contributed by atoms with van der Waals surface area (Å²) < 4.78 is 0. The van der Waals surface area contributed by atoms with Crippen molar-refractivity contribution in [2.75, 3.05) is 0 Å². The smallest absolute Gasteiger partial charge is 0.200 e. The van der Waals surface area contributed by atoms with E-state index in [0.29, 0.717) is 10.6 Å². The van der Waals surface area contributed by atoms with Crippen molar-refractivity contribution >= 4 is 28.8 Å². The number of nitrogens with zero attached hydrogens (tertiary/aromatic N) is 1. The van der Waals surface area contributed by atoms with Crippen LogP contribution in [-0.2, 0) is 10.2 Å². The van der Waals surface area contributed by atoms with Gasteiger partial charge in [0.05, 0.1) is 16.4 Å². The van der Waals surface area contributed by atoms with E-state index in [9.17, 15) is 4.79 Å². The van der Waals surface area contributed by atoms with Crippen LogP contribution in [0.4, 0.5) is 5.69 Å². The Morgan fingerprint density at radius 1 is 1.20 bits per heavy atom. The standard InChI is InChI=1S/C17H16ClNO/c1-9-5-6-12-11(7-9)17(3,4)14-13(19-12)8-10(2)16(20)15(14)18/h5-8H,1-4H3. The summed E-state index contributed by atoms with van der Waals surface area (Å²) >= 11 is 6.33. The molecule has 0 aromatic heterocycles. The molecule has 0 atom stereocenters. The third-order valence-corrected chi connectivity index (χ3v) is 4.44. The average Bonchev–Trinajstić information content (AvgIpc) is 2.37. The molecule has 2 aliphatic rings. The molecule has 1 aliphatic carbocycles. The Hall–Kier alpha value is -1.67. The van der Waals surface area contributed by atoms with Crippen molar-refractivity contribution in [2.45, 2.75) is 33.1 Å². The predicted octanol–water partition coefficient (Wildman–Crippen LogP) is 4.38. The lowest BCUT2D eigenvalue weighted by molar-refractivity contribution is -0.111. The number of halogens is 1. The van der Waals surface area contributed by atoms with Crippen molar-refractivity contribution in [1.29, 1.82) is 0 Å². The highest BCUT2D eigenvalue weighted by atomic mass is 35.5. The van der Waals surface area contributed by atoms with E-state index in [0.717, 1.165) is 22.5 Å². The summed E-state index contributed by atoms with van der Waals surface area (Å²) in [4.78, 5) is 16.8. The van der Waals surface area contributed by atoms with Crippen molar-refractivity contribution < 1.29 is 4.79 Å². The highest BCUT2D eigenvalue weighted by Crippen LogP contribution is 2.46. The lowest BCUT2D eigenvalue weighted by Crippen LogP contribution is -2.33. The second-order valence-corrected chi connectivity index (χ2v) is 6.37. The van der Waals surface area contributed by atoms with Gasteiger partial charge in [0.15, 0.2) is 0 Å². The van der Waals surface area contributed by atoms with Gasteiger partial charge in [0, 0.05) is 16.6 Å². The fourth-order valence-corrected chi connectivity index (χ4v) is 3.42. The fourth-order valence-electron chi connectivity index (χ4n) is 2.94. The topological polar surface area (TPSA) is 29.4 Å². The van der Waals surface area contributed by atoms with E-state index >= 15 is 0 Å². The summed E-state index contributed by atoms with van der Waals surface area (Å²) in [6, 6.07) is 6.21. The maximum atomic E-state index is 12.1. The van der Waals surface area contributed by atoms with Gasteiger partial charge in [-0.15, -0.1) is 0 Å². The van der Waals surface area contributed by atoms with Gasteiger partial charge >= 0.3 is 0 Å². The molecule has 0 amide bonds. The van der Waals surface area contributed by atoms with Crippen LogP contribution in [0.2, 0.25) is 0 Å². The van der Waals surface area contributed by atoms with Crippen LogP contribution in [0.15, 0.2) is 45.4 Å². The van der Waals surface area contributed by atoms with Crippen LogP contribution in [0.25, 0.3) is 0 Å². The van der Waals surface area contributed by atoms with Crippen LogP contribution < -0.4 is 0 Å². The van der Waals surface area contributed by atoms with Crippen LogP contribution in [0.3, 0.4) is 0 Å². The van der Waals surface area contributed by atoms with Gasteiger partial charge in [0.25, 0.3) is 0 Å². The lowest BCUT2D eigenvalue weighted by Gasteiger charge is -2.36. The number of hydrogen-bond donors (Lipinski definition) is 0. The van der Waals surface area contributed by atoms with E-state index in [4.69, 9.17) is 11.6 Å². The molecule has 1 heterocycles. The Kier molecular flexibility index (Phi) is 2.77. The van der Waals surface area contributed by atoms with Crippen molar-refractivity contribution in [2.24, 2.45) is 4.99 Å². The zero-order valence-corrected chi connectivity index (χ0v) is 12.8. The third kappa shape index (κ3) is 1.71. The van der Waals surface area contributed by atoms with E-state index < -0.39 is 0 Å². The minimum Gasteiger partial charge on any atom is -0.288 e. The molecule has 3 rings (SSSR count). The number of carbonyl (C=O) groups is 1. The molecule has 0 N–H and O–H groups in total. The minimum absolute atomic E-state index is 0.0928. The predicted molar refractivity (Wildman–Crippen MR) is 82.9 cm³/mol. The minimum atomic E-state index is -0.317. The van der Waals surface area contributed by atoms with Crippen LogP contribution in [0.1, 0.15) is 31.9 Å². The largest absolute Gasteiger partial charge is 0.288 e. The first kappa shape index (κ1) is 13.3. The first-order chi connectivity index (χ1) is 9.32. The Morgan fingerprint density at radius 2 is 1.90 bits per heavy atom. The van der Waals surface area contributed by atoms with E-state index in [2.05, 4.69) is 37.9 Å². The molecule has 20 heavy (non-hydrogen) atoms. The molecule has 1 aliphatic heterocycles. The summed E-state index contributed by atoms with van der Waals surface area (Å²) in [7, 11) is 0. The fraction of sp³-hybridized carbons (Fsp3) is 0.294. The Balaban J connectivity index is 2.36. The molecule has 3 heteroatoms. The number of rotatable bonds is 0. The number of aryl methyl sites for hydroxylation is 1. The zero-order chi connectivity index (χ0) is 14.7. The molecule has 0 radical (unpaired) electrons.